The minimum Gasteiger partial charge on any atom is -0.316 e. The normalized spacial score (nSPS) is 10.8. The molecule has 102 valence electrons. The van der Waals surface area contributed by atoms with E-state index in [0.717, 1.165) is 40.4 Å². The average molecular weight is 340 g/mol. The van der Waals surface area contributed by atoms with Gasteiger partial charge < -0.3 is 5.32 Å². The Hall–Kier alpha value is -0.780. The van der Waals surface area contributed by atoms with Crippen molar-refractivity contribution in [2.24, 2.45) is 0 Å². The van der Waals surface area contributed by atoms with Gasteiger partial charge in [0, 0.05) is 23.9 Å². The molecule has 1 N–H and O–H groups in total. The van der Waals surface area contributed by atoms with Crippen molar-refractivity contribution in [1.82, 2.24) is 15.5 Å². The van der Waals surface area contributed by atoms with Crippen molar-refractivity contribution in [2.75, 3.05) is 13.1 Å². The number of aromatic nitrogens is 2. The second-order valence-electron chi connectivity index (χ2n) is 4.40. The number of nitrogens with one attached hydrogen (secondary N) is 1. The Morgan fingerprint density at radius 1 is 1.21 bits per heavy atom. The molecule has 0 bridgehead atoms. The first-order chi connectivity index (χ1) is 9.28. The van der Waals surface area contributed by atoms with Crippen LogP contribution in [0.3, 0.4) is 0 Å². The first kappa shape index (κ1) is 14.6. The van der Waals surface area contributed by atoms with Crippen LogP contribution >= 0.6 is 27.3 Å². The molecule has 0 amide bonds. The highest BCUT2D eigenvalue weighted by molar-refractivity contribution is 9.10. The van der Waals surface area contributed by atoms with Crippen LogP contribution in [0.15, 0.2) is 28.7 Å². The molecule has 0 fully saturated rings. The zero-order valence-electron chi connectivity index (χ0n) is 11.0. The van der Waals surface area contributed by atoms with Crippen molar-refractivity contribution in [3.8, 4) is 0 Å². The Bertz CT molecular complexity index is 513. The smallest absolute Gasteiger partial charge is 0.121 e. The number of halogens is 1. The van der Waals surface area contributed by atoms with Gasteiger partial charge >= 0.3 is 0 Å². The predicted octanol–water partition coefficient (Wildman–Crippen LogP) is 3.43. The van der Waals surface area contributed by atoms with E-state index in [4.69, 9.17) is 0 Å². The van der Waals surface area contributed by atoms with Crippen LogP contribution in [0.1, 0.15) is 28.9 Å². The second kappa shape index (κ2) is 7.72. The molecule has 2 rings (SSSR count). The van der Waals surface area contributed by atoms with E-state index in [9.17, 15) is 0 Å². The maximum Gasteiger partial charge on any atom is 0.121 e. The topological polar surface area (TPSA) is 37.8 Å². The summed E-state index contributed by atoms with van der Waals surface area (Å²) in [6.45, 7) is 4.23. The lowest BCUT2D eigenvalue weighted by molar-refractivity contribution is 0.667. The van der Waals surface area contributed by atoms with E-state index >= 15 is 0 Å². The van der Waals surface area contributed by atoms with Crippen molar-refractivity contribution in [1.29, 1.82) is 0 Å². The average Bonchev–Trinajstić information content (AvgIpc) is 2.82. The third-order valence-electron chi connectivity index (χ3n) is 2.70. The molecule has 0 aliphatic carbocycles. The fourth-order valence-electron chi connectivity index (χ4n) is 1.78. The van der Waals surface area contributed by atoms with Crippen molar-refractivity contribution >= 4 is 27.3 Å². The summed E-state index contributed by atoms with van der Waals surface area (Å²) < 4.78 is 1.11. The van der Waals surface area contributed by atoms with Crippen LogP contribution in [0.2, 0.25) is 0 Å². The second-order valence-corrected chi connectivity index (χ2v) is 6.46. The largest absolute Gasteiger partial charge is 0.316 e. The van der Waals surface area contributed by atoms with E-state index < -0.39 is 0 Å². The minimum absolute atomic E-state index is 0.861. The number of rotatable bonds is 7. The molecule has 0 unspecified atom stereocenters. The van der Waals surface area contributed by atoms with Crippen molar-refractivity contribution in [2.45, 2.75) is 26.2 Å². The molecule has 19 heavy (non-hydrogen) atoms. The third kappa shape index (κ3) is 5.01. The summed E-state index contributed by atoms with van der Waals surface area (Å²) in [6.07, 6.45) is 3.00. The molecule has 2 aromatic rings. The number of hydrogen-bond acceptors (Lipinski definition) is 4. The lowest BCUT2D eigenvalue weighted by atomic mass is 10.2. The van der Waals surface area contributed by atoms with E-state index in [0.29, 0.717) is 0 Å². The molecule has 1 heterocycles. The Kier molecular flexibility index (Phi) is 5.94. The Balaban J connectivity index is 1.87. The Morgan fingerprint density at radius 2 is 2.05 bits per heavy atom. The van der Waals surface area contributed by atoms with E-state index in [-0.39, 0.29) is 0 Å². The standard InChI is InChI=1S/C14H18BrN3S/c1-2-7-16-8-6-13-17-18-14(19-13)10-11-4-3-5-12(15)9-11/h3-5,9,16H,2,6-8,10H2,1H3. The van der Waals surface area contributed by atoms with Gasteiger partial charge in [-0.2, -0.15) is 0 Å². The van der Waals surface area contributed by atoms with E-state index in [2.05, 4.69) is 56.6 Å². The summed E-state index contributed by atoms with van der Waals surface area (Å²) >= 11 is 5.20. The fraction of sp³-hybridized carbons (Fsp3) is 0.429. The van der Waals surface area contributed by atoms with Gasteiger partial charge in [0.2, 0.25) is 0 Å². The van der Waals surface area contributed by atoms with Crippen LogP contribution < -0.4 is 5.32 Å². The van der Waals surface area contributed by atoms with Gasteiger partial charge in [0.1, 0.15) is 10.0 Å². The summed E-state index contributed by atoms with van der Waals surface area (Å²) in [4.78, 5) is 0. The number of benzene rings is 1. The lowest BCUT2D eigenvalue weighted by Gasteiger charge is -1.99. The first-order valence-electron chi connectivity index (χ1n) is 6.54. The monoisotopic (exact) mass is 339 g/mol. The highest BCUT2D eigenvalue weighted by atomic mass is 79.9. The van der Waals surface area contributed by atoms with Crippen LogP contribution in [0, 0.1) is 0 Å². The molecule has 0 radical (unpaired) electrons. The van der Waals surface area contributed by atoms with Crippen LogP contribution in [-0.2, 0) is 12.8 Å². The first-order valence-corrected chi connectivity index (χ1v) is 8.15. The molecular weight excluding hydrogens is 322 g/mol. The molecule has 0 atom stereocenters. The third-order valence-corrected chi connectivity index (χ3v) is 4.17. The van der Waals surface area contributed by atoms with Gasteiger partial charge in [0.15, 0.2) is 0 Å². The van der Waals surface area contributed by atoms with Gasteiger partial charge in [-0.05, 0) is 30.7 Å². The molecular formula is C14H18BrN3S. The minimum atomic E-state index is 0.861. The predicted molar refractivity (Wildman–Crippen MR) is 83.7 cm³/mol. The fourth-order valence-corrected chi connectivity index (χ4v) is 3.10. The molecule has 0 saturated carbocycles. The molecule has 3 nitrogen and oxygen atoms in total. The quantitative estimate of drug-likeness (QED) is 0.785. The molecule has 0 aliphatic rings. The van der Waals surface area contributed by atoms with Crippen LogP contribution in [0.25, 0.3) is 0 Å². The number of hydrogen-bond donors (Lipinski definition) is 1. The van der Waals surface area contributed by atoms with E-state index in [1.807, 2.05) is 6.07 Å². The Morgan fingerprint density at radius 3 is 2.84 bits per heavy atom. The van der Waals surface area contributed by atoms with Crippen LogP contribution in [0.4, 0.5) is 0 Å². The molecule has 0 spiro atoms. The SMILES string of the molecule is CCCNCCc1nnc(Cc2cccc(Br)c2)s1. The van der Waals surface area contributed by atoms with Crippen LogP contribution in [0.5, 0.6) is 0 Å². The molecule has 1 aromatic heterocycles. The summed E-state index contributed by atoms with van der Waals surface area (Å²) in [6, 6.07) is 8.34. The highest BCUT2D eigenvalue weighted by Gasteiger charge is 2.05. The van der Waals surface area contributed by atoms with E-state index in [1.165, 1.54) is 12.0 Å². The summed E-state index contributed by atoms with van der Waals surface area (Å²) in [5, 5.41) is 14.1. The molecule has 5 heteroatoms. The van der Waals surface area contributed by atoms with Crippen LogP contribution in [-0.4, -0.2) is 23.3 Å². The maximum absolute atomic E-state index is 4.27. The molecule has 1 aromatic carbocycles. The highest BCUT2D eigenvalue weighted by Crippen LogP contribution is 2.18. The maximum atomic E-state index is 4.27. The summed E-state index contributed by atoms with van der Waals surface area (Å²) in [5.74, 6) is 0. The van der Waals surface area contributed by atoms with Gasteiger partial charge in [0.25, 0.3) is 0 Å². The molecule has 0 aliphatic heterocycles. The van der Waals surface area contributed by atoms with Crippen molar-refractivity contribution < 1.29 is 0 Å². The lowest BCUT2D eigenvalue weighted by Crippen LogP contribution is -2.17. The van der Waals surface area contributed by atoms with Gasteiger partial charge in [-0.25, -0.2) is 0 Å². The van der Waals surface area contributed by atoms with Gasteiger partial charge in [-0.3, -0.25) is 0 Å². The van der Waals surface area contributed by atoms with Gasteiger partial charge in [-0.1, -0.05) is 35.0 Å². The van der Waals surface area contributed by atoms with Crippen molar-refractivity contribution in [3.05, 3.63) is 44.3 Å². The summed E-state index contributed by atoms with van der Waals surface area (Å²) in [7, 11) is 0. The van der Waals surface area contributed by atoms with E-state index in [1.54, 1.807) is 11.3 Å². The zero-order valence-corrected chi connectivity index (χ0v) is 13.4. The van der Waals surface area contributed by atoms with Gasteiger partial charge in [-0.15, -0.1) is 21.5 Å². The van der Waals surface area contributed by atoms with Gasteiger partial charge in [0.05, 0.1) is 0 Å². The molecule has 0 saturated heterocycles. The Labute approximate surface area is 126 Å². The zero-order chi connectivity index (χ0) is 13.5. The van der Waals surface area contributed by atoms with Crippen molar-refractivity contribution in [3.63, 3.8) is 0 Å². The number of nitrogens with zero attached hydrogens (tertiary/aromatic N) is 2. The summed E-state index contributed by atoms with van der Waals surface area (Å²) in [5.41, 5.74) is 1.26.